The van der Waals surface area contributed by atoms with Gasteiger partial charge in [0.1, 0.15) is 0 Å². The number of ketones is 1. The van der Waals surface area contributed by atoms with E-state index in [2.05, 4.69) is 11.9 Å². The van der Waals surface area contributed by atoms with E-state index >= 15 is 0 Å². The summed E-state index contributed by atoms with van der Waals surface area (Å²) in [6.07, 6.45) is -0.00395. The van der Waals surface area contributed by atoms with Crippen LogP contribution in [0.15, 0.2) is 36.5 Å². The summed E-state index contributed by atoms with van der Waals surface area (Å²) in [5, 5.41) is 3.37. The number of nitrogens with one attached hydrogen (secondary N) is 1. The molecule has 1 aromatic carbocycles. The minimum absolute atomic E-state index is 0.0573. The van der Waals surface area contributed by atoms with Gasteiger partial charge in [0.2, 0.25) is 0 Å². The Bertz CT molecular complexity index is 561. The zero-order valence-corrected chi connectivity index (χ0v) is 11.0. The lowest BCUT2D eigenvalue weighted by molar-refractivity contribution is -0.151. The average Bonchev–Trinajstić information content (AvgIpc) is 2.71. The third-order valence-corrected chi connectivity index (χ3v) is 2.85. The molecule has 2 rings (SSSR count). The Morgan fingerprint density at radius 3 is 2.40 bits per heavy atom. The summed E-state index contributed by atoms with van der Waals surface area (Å²) in [4.78, 5) is 39.1. The first kappa shape index (κ1) is 13.8. The van der Waals surface area contributed by atoms with E-state index in [1.54, 1.807) is 24.3 Å². The van der Waals surface area contributed by atoms with Crippen molar-refractivity contribution in [3.63, 3.8) is 0 Å². The van der Waals surface area contributed by atoms with Crippen molar-refractivity contribution in [2.24, 2.45) is 0 Å². The van der Waals surface area contributed by atoms with E-state index in [1.165, 1.54) is 6.92 Å². The Hall–Kier alpha value is -2.63. The number of nitrogens with zero attached hydrogens (tertiary/aromatic N) is 1. The van der Waals surface area contributed by atoms with Gasteiger partial charge in [0, 0.05) is 17.7 Å². The largest absolute Gasteiger partial charge is 0.436 e. The van der Waals surface area contributed by atoms with Crippen molar-refractivity contribution in [2.45, 2.75) is 19.8 Å². The van der Waals surface area contributed by atoms with Crippen LogP contribution >= 0.6 is 0 Å². The highest BCUT2D eigenvalue weighted by molar-refractivity contribution is 5.95. The van der Waals surface area contributed by atoms with E-state index in [-0.39, 0.29) is 11.7 Å². The highest BCUT2D eigenvalue weighted by Gasteiger charge is 2.28. The van der Waals surface area contributed by atoms with E-state index in [9.17, 15) is 14.4 Å². The number of rotatable bonds is 3. The van der Waals surface area contributed by atoms with E-state index in [0.29, 0.717) is 29.8 Å². The first-order valence-electron chi connectivity index (χ1n) is 6.08. The summed E-state index contributed by atoms with van der Waals surface area (Å²) in [6, 6.07) is 6.35. The Balaban J connectivity index is 1.96. The predicted molar refractivity (Wildman–Crippen MR) is 71.8 cm³/mol. The minimum Gasteiger partial charge on any atom is -0.314 e. The smallest absolute Gasteiger partial charge is 0.314 e. The highest BCUT2D eigenvalue weighted by Crippen LogP contribution is 2.21. The molecule has 0 aromatic heterocycles. The zero-order chi connectivity index (χ0) is 14.7. The second-order valence-corrected chi connectivity index (χ2v) is 4.39. The lowest BCUT2D eigenvalue weighted by atomic mass is 10.1. The first-order valence-corrected chi connectivity index (χ1v) is 6.08. The molecule has 6 nitrogen and oxygen atoms in total. The van der Waals surface area contributed by atoms with Crippen LogP contribution in [0.4, 0.5) is 10.5 Å². The van der Waals surface area contributed by atoms with Crippen molar-refractivity contribution >= 4 is 23.5 Å². The van der Waals surface area contributed by atoms with Gasteiger partial charge in [0.15, 0.2) is 5.78 Å². The van der Waals surface area contributed by atoms with Crippen molar-refractivity contribution < 1.29 is 19.2 Å². The average molecular weight is 274 g/mol. The second-order valence-electron chi connectivity index (χ2n) is 4.39. The van der Waals surface area contributed by atoms with Gasteiger partial charge in [0.05, 0.1) is 5.70 Å². The standard InChI is InChI=1S/C14H14N2O4/c1-9-3-8-13(18)16(9)20-14(19)15-12-6-4-11(5-7-12)10(2)17/h4-7H,1,3,8H2,2H3,(H,15,19). The molecule has 104 valence electrons. The minimum atomic E-state index is -0.781. The summed E-state index contributed by atoms with van der Waals surface area (Å²) in [5.41, 5.74) is 1.47. The Kier molecular flexibility index (Phi) is 3.84. The van der Waals surface area contributed by atoms with Crippen LogP contribution < -0.4 is 5.32 Å². The molecule has 20 heavy (non-hydrogen) atoms. The quantitative estimate of drug-likeness (QED) is 0.859. The molecule has 0 aliphatic carbocycles. The third kappa shape index (κ3) is 3.03. The molecule has 1 aromatic rings. The summed E-state index contributed by atoms with van der Waals surface area (Å²) < 4.78 is 0. The molecule has 1 N–H and O–H groups in total. The number of hydrogen-bond acceptors (Lipinski definition) is 4. The fraction of sp³-hybridized carbons (Fsp3) is 0.214. The first-order chi connectivity index (χ1) is 9.47. The van der Waals surface area contributed by atoms with E-state index in [4.69, 9.17) is 4.84 Å². The highest BCUT2D eigenvalue weighted by atomic mass is 16.7. The van der Waals surface area contributed by atoms with Gasteiger partial charge < -0.3 is 4.84 Å². The van der Waals surface area contributed by atoms with Gasteiger partial charge in [-0.3, -0.25) is 14.9 Å². The van der Waals surface area contributed by atoms with E-state index < -0.39 is 6.09 Å². The molecule has 1 saturated heterocycles. The molecule has 0 saturated carbocycles. The van der Waals surface area contributed by atoms with Gasteiger partial charge in [0.25, 0.3) is 5.91 Å². The molecule has 2 amide bonds. The van der Waals surface area contributed by atoms with Crippen LogP contribution in [0.2, 0.25) is 0 Å². The van der Waals surface area contributed by atoms with Gasteiger partial charge >= 0.3 is 6.09 Å². The third-order valence-electron chi connectivity index (χ3n) is 2.85. The van der Waals surface area contributed by atoms with Crippen LogP contribution in [-0.2, 0) is 9.63 Å². The maximum absolute atomic E-state index is 11.6. The van der Waals surface area contributed by atoms with Gasteiger partial charge in [-0.05, 0) is 37.6 Å². The Morgan fingerprint density at radius 2 is 1.90 bits per heavy atom. The number of amides is 2. The van der Waals surface area contributed by atoms with Gasteiger partial charge in [-0.25, -0.2) is 4.79 Å². The van der Waals surface area contributed by atoms with Crippen LogP contribution in [0.5, 0.6) is 0 Å². The number of hydroxylamine groups is 2. The topological polar surface area (TPSA) is 75.7 Å². The Morgan fingerprint density at radius 1 is 1.25 bits per heavy atom. The van der Waals surface area contributed by atoms with Crippen LogP contribution in [0.3, 0.4) is 0 Å². The van der Waals surface area contributed by atoms with Gasteiger partial charge in [-0.15, -0.1) is 5.06 Å². The van der Waals surface area contributed by atoms with Crippen LogP contribution in [0, 0.1) is 0 Å². The molecule has 0 unspecified atom stereocenters. The van der Waals surface area contributed by atoms with Crippen molar-refractivity contribution in [3.05, 3.63) is 42.1 Å². The number of Topliss-reactive ketones (excluding diaryl/α,β-unsaturated/α-hetero) is 1. The van der Waals surface area contributed by atoms with E-state index in [0.717, 1.165) is 5.06 Å². The Labute approximate surface area is 116 Å². The number of carbonyl (C=O) groups excluding carboxylic acids is 3. The number of hydrogen-bond donors (Lipinski definition) is 1. The number of carbonyl (C=O) groups is 3. The van der Waals surface area contributed by atoms with Crippen molar-refractivity contribution in [2.75, 3.05) is 5.32 Å². The predicted octanol–water partition coefficient (Wildman–Crippen LogP) is 2.49. The molecule has 0 radical (unpaired) electrons. The maximum atomic E-state index is 11.6. The summed E-state index contributed by atoms with van der Waals surface area (Å²) in [6.45, 7) is 5.10. The lowest BCUT2D eigenvalue weighted by Crippen LogP contribution is -2.29. The maximum Gasteiger partial charge on any atom is 0.436 e. The normalized spacial score (nSPS) is 14.3. The molecular formula is C14H14N2O4. The molecule has 0 spiro atoms. The molecule has 0 bridgehead atoms. The number of benzene rings is 1. The number of anilines is 1. The molecule has 1 heterocycles. The lowest BCUT2D eigenvalue weighted by Gasteiger charge is -2.16. The fourth-order valence-electron chi connectivity index (χ4n) is 1.76. The van der Waals surface area contributed by atoms with Gasteiger partial charge in [-0.2, -0.15) is 0 Å². The SMILES string of the molecule is C=C1CCC(=O)N1OC(=O)Nc1ccc(C(C)=O)cc1. The summed E-state index contributed by atoms with van der Waals surface area (Å²) in [7, 11) is 0. The molecular weight excluding hydrogens is 260 g/mol. The van der Waals surface area contributed by atoms with E-state index in [1.807, 2.05) is 0 Å². The molecule has 6 heteroatoms. The second kappa shape index (κ2) is 5.56. The monoisotopic (exact) mass is 274 g/mol. The fourth-order valence-corrected chi connectivity index (χ4v) is 1.76. The van der Waals surface area contributed by atoms with Crippen molar-refractivity contribution in [1.29, 1.82) is 0 Å². The van der Waals surface area contributed by atoms with Gasteiger partial charge in [-0.1, -0.05) is 6.58 Å². The summed E-state index contributed by atoms with van der Waals surface area (Å²) in [5.74, 6) is -0.352. The molecule has 1 aliphatic heterocycles. The molecule has 1 fully saturated rings. The van der Waals surface area contributed by atoms with Crippen LogP contribution in [0.25, 0.3) is 0 Å². The van der Waals surface area contributed by atoms with Crippen LogP contribution in [0.1, 0.15) is 30.1 Å². The molecule has 1 aliphatic rings. The number of allylic oxidation sites excluding steroid dienone is 1. The van der Waals surface area contributed by atoms with Crippen molar-refractivity contribution in [3.8, 4) is 0 Å². The zero-order valence-electron chi connectivity index (χ0n) is 11.0. The van der Waals surface area contributed by atoms with Crippen molar-refractivity contribution in [1.82, 2.24) is 5.06 Å². The van der Waals surface area contributed by atoms with Crippen LogP contribution in [-0.4, -0.2) is 22.8 Å². The summed E-state index contributed by atoms with van der Waals surface area (Å²) >= 11 is 0. The molecule has 0 atom stereocenters.